The van der Waals surface area contributed by atoms with Crippen LogP contribution in [-0.2, 0) is 10.2 Å². The predicted octanol–water partition coefficient (Wildman–Crippen LogP) is 4.20. The highest BCUT2D eigenvalue weighted by molar-refractivity contribution is 7.86. The third-order valence-corrected chi connectivity index (χ3v) is 7.43. The van der Waals surface area contributed by atoms with Crippen LogP contribution in [0.5, 0.6) is 0 Å². The van der Waals surface area contributed by atoms with Crippen molar-refractivity contribution in [3.8, 4) is 11.4 Å². The molecule has 1 unspecified atom stereocenters. The van der Waals surface area contributed by atoms with E-state index in [2.05, 4.69) is 24.0 Å². The van der Waals surface area contributed by atoms with Crippen molar-refractivity contribution in [3.63, 3.8) is 0 Å². The summed E-state index contributed by atoms with van der Waals surface area (Å²) in [7, 11) is -3.53. The highest BCUT2D eigenvalue weighted by Gasteiger charge is 2.35. The van der Waals surface area contributed by atoms with Crippen molar-refractivity contribution in [2.75, 3.05) is 26.2 Å². The minimum atomic E-state index is -3.53. The molecule has 1 saturated heterocycles. The van der Waals surface area contributed by atoms with E-state index in [1.807, 2.05) is 0 Å². The fourth-order valence-electron chi connectivity index (χ4n) is 3.67. The quantitative estimate of drug-likeness (QED) is 0.555. The summed E-state index contributed by atoms with van der Waals surface area (Å²) in [6, 6.07) is 6.02. The van der Waals surface area contributed by atoms with E-state index in [0.717, 1.165) is 38.5 Å². The molecule has 0 saturated carbocycles. The topological polar surface area (TPSA) is 79.5 Å². The normalized spacial score (nSPS) is 18.2. The highest BCUT2D eigenvalue weighted by atomic mass is 32.2. The summed E-state index contributed by atoms with van der Waals surface area (Å²) in [4.78, 5) is 4.43. The third kappa shape index (κ3) is 5.44. The van der Waals surface area contributed by atoms with Gasteiger partial charge in [0.25, 0.3) is 10.2 Å². The molecule has 1 fully saturated rings. The first-order valence-corrected chi connectivity index (χ1v) is 12.2. The average molecular weight is 439 g/mol. The molecule has 30 heavy (non-hydrogen) atoms. The lowest BCUT2D eigenvalue weighted by molar-refractivity contribution is 0.248. The Kier molecular flexibility index (Phi) is 7.96. The highest BCUT2D eigenvalue weighted by Crippen LogP contribution is 2.30. The number of unbranched alkanes of at least 4 members (excludes halogenated alkanes) is 2. The minimum absolute atomic E-state index is 0.164. The van der Waals surface area contributed by atoms with Crippen molar-refractivity contribution >= 4 is 10.2 Å². The Labute approximate surface area is 178 Å². The molecule has 9 heteroatoms. The van der Waals surface area contributed by atoms with E-state index < -0.39 is 10.2 Å². The van der Waals surface area contributed by atoms with Crippen LogP contribution in [0.15, 0.2) is 28.8 Å². The summed E-state index contributed by atoms with van der Waals surface area (Å²) in [5.74, 6) is 0.190. The maximum absolute atomic E-state index is 13.5. The number of halogens is 1. The van der Waals surface area contributed by atoms with Gasteiger partial charge in [0, 0.05) is 31.7 Å². The second-order valence-electron chi connectivity index (χ2n) is 7.78. The van der Waals surface area contributed by atoms with E-state index in [4.69, 9.17) is 4.52 Å². The lowest BCUT2D eigenvalue weighted by Gasteiger charge is -2.34. The van der Waals surface area contributed by atoms with Gasteiger partial charge in [-0.1, -0.05) is 44.0 Å². The molecule has 2 heterocycles. The molecule has 0 radical (unpaired) electrons. The van der Waals surface area contributed by atoms with Gasteiger partial charge in [0.1, 0.15) is 5.82 Å². The lowest BCUT2D eigenvalue weighted by atomic mass is 10.00. The lowest BCUT2D eigenvalue weighted by Crippen LogP contribution is -2.48. The zero-order valence-electron chi connectivity index (χ0n) is 17.8. The van der Waals surface area contributed by atoms with Crippen LogP contribution in [-0.4, -0.2) is 53.3 Å². The molecule has 0 aliphatic carbocycles. The molecular formula is C21H31FN4O3S. The number of hydrogen-bond acceptors (Lipinski definition) is 5. The Balaban J connectivity index is 1.74. The third-order valence-electron chi connectivity index (χ3n) is 5.43. The van der Waals surface area contributed by atoms with Gasteiger partial charge in [-0.2, -0.15) is 22.0 Å². The van der Waals surface area contributed by atoms with Gasteiger partial charge in [-0.05, 0) is 37.8 Å². The Morgan fingerprint density at radius 1 is 1.23 bits per heavy atom. The van der Waals surface area contributed by atoms with Crippen LogP contribution in [0.25, 0.3) is 11.4 Å². The first kappa shape index (κ1) is 22.8. The van der Waals surface area contributed by atoms with Crippen molar-refractivity contribution in [3.05, 3.63) is 36.0 Å². The zero-order valence-corrected chi connectivity index (χ0v) is 18.6. The number of hydrogen-bond donors (Lipinski definition) is 0. The fraction of sp³-hybridized carbons (Fsp3) is 0.619. The number of aromatic nitrogens is 2. The summed E-state index contributed by atoms with van der Waals surface area (Å²) in [5, 5.41) is 3.97. The summed E-state index contributed by atoms with van der Waals surface area (Å²) in [6.07, 6.45) is 5.11. The van der Waals surface area contributed by atoms with E-state index in [1.54, 1.807) is 20.7 Å². The summed E-state index contributed by atoms with van der Waals surface area (Å²) in [5.41, 5.74) is 0.538. The van der Waals surface area contributed by atoms with Crippen LogP contribution < -0.4 is 0 Å². The standard InChI is InChI=1S/C21H31FN4O3S/c1-3-5-12-25(13-6-4-2)30(27,28)26-14-8-10-18(16-26)21-23-20(24-29-21)17-9-7-11-19(22)15-17/h7,9,11,15,18H,3-6,8,10,12-14,16H2,1-2H3. The maximum Gasteiger partial charge on any atom is 0.281 e. The number of nitrogens with zero attached hydrogens (tertiary/aromatic N) is 4. The van der Waals surface area contributed by atoms with Crippen LogP contribution >= 0.6 is 0 Å². The van der Waals surface area contributed by atoms with Gasteiger partial charge >= 0.3 is 0 Å². The largest absolute Gasteiger partial charge is 0.339 e. The molecule has 1 aliphatic heterocycles. The zero-order chi connectivity index (χ0) is 21.6. The maximum atomic E-state index is 13.5. The summed E-state index contributed by atoms with van der Waals surface area (Å²) in [6.45, 7) is 6.04. The predicted molar refractivity (Wildman–Crippen MR) is 114 cm³/mol. The summed E-state index contributed by atoms with van der Waals surface area (Å²) < 4.78 is 48.7. The molecule has 3 rings (SSSR count). The average Bonchev–Trinajstić information content (AvgIpc) is 3.24. The van der Waals surface area contributed by atoms with E-state index in [-0.39, 0.29) is 11.7 Å². The molecule has 1 aromatic carbocycles. The number of benzene rings is 1. The number of piperidine rings is 1. The Morgan fingerprint density at radius 3 is 2.63 bits per heavy atom. The van der Waals surface area contributed by atoms with Crippen molar-refractivity contribution < 1.29 is 17.3 Å². The van der Waals surface area contributed by atoms with Crippen LogP contribution in [0.2, 0.25) is 0 Å². The van der Waals surface area contributed by atoms with Gasteiger partial charge in [0.15, 0.2) is 0 Å². The first-order chi connectivity index (χ1) is 14.5. The van der Waals surface area contributed by atoms with Crippen LogP contribution in [0.3, 0.4) is 0 Å². The molecule has 0 spiro atoms. The molecule has 0 bridgehead atoms. The van der Waals surface area contributed by atoms with E-state index >= 15 is 0 Å². The van der Waals surface area contributed by atoms with Gasteiger partial charge in [-0.25, -0.2) is 4.39 Å². The first-order valence-electron chi connectivity index (χ1n) is 10.8. The Hall–Kier alpha value is -1.84. The van der Waals surface area contributed by atoms with E-state index in [0.29, 0.717) is 43.5 Å². The fourth-order valence-corrected chi connectivity index (χ4v) is 5.45. The van der Waals surface area contributed by atoms with Crippen molar-refractivity contribution in [1.82, 2.24) is 18.8 Å². The molecule has 7 nitrogen and oxygen atoms in total. The molecule has 1 aliphatic rings. The molecule has 166 valence electrons. The second kappa shape index (κ2) is 10.5. The Bertz CT molecular complexity index is 910. The molecule has 0 amide bonds. The SMILES string of the molecule is CCCCN(CCCC)S(=O)(=O)N1CCCC(c2nc(-c3cccc(F)c3)no2)C1. The van der Waals surface area contributed by atoms with Gasteiger partial charge in [0.05, 0.1) is 5.92 Å². The van der Waals surface area contributed by atoms with Crippen LogP contribution in [0.1, 0.15) is 64.2 Å². The van der Waals surface area contributed by atoms with Crippen LogP contribution in [0.4, 0.5) is 4.39 Å². The van der Waals surface area contributed by atoms with Crippen molar-refractivity contribution in [1.29, 1.82) is 0 Å². The van der Waals surface area contributed by atoms with Gasteiger partial charge in [-0.3, -0.25) is 0 Å². The minimum Gasteiger partial charge on any atom is -0.339 e. The van der Waals surface area contributed by atoms with Crippen molar-refractivity contribution in [2.24, 2.45) is 0 Å². The molecule has 1 aromatic heterocycles. The summed E-state index contributed by atoms with van der Waals surface area (Å²) >= 11 is 0. The van der Waals surface area contributed by atoms with Gasteiger partial charge in [-0.15, -0.1) is 0 Å². The van der Waals surface area contributed by atoms with Gasteiger partial charge < -0.3 is 4.52 Å². The molecular weight excluding hydrogens is 407 g/mol. The molecule has 2 aromatic rings. The van der Waals surface area contributed by atoms with E-state index in [9.17, 15) is 12.8 Å². The smallest absolute Gasteiger partial charge is 0.281 e. The van der Waals surface area contributed by atoms with Crippen LogP contribution in [0, 0.1) is 5.82 Å². The monoisotopic (exact) mass is 438 g/mol. The number of rotatable bonds is 10. The Morgan fingerprint density at radius 2 is 1.97 bits per heavy atom. The van der Waals surface area contributed by atoms with E-state index in [1.165, 1.54) is 12.1 Å². The second-order valence-corrected chi connectivity index (χ2v) is 9.71. The van der Waals surface area contributed by atoms with Crippen molar-refractivity contribution in [2.45, 2.75) is 58.3 Å². The molecule has 1 atom stereocenters. The van der Waals surface area contributed by atoms with Gasteiger partial charge in [0.2, 0.25) is 11.7 Å². The molecule has 0 N–H and O–H groups in total.